The van der Waals surface area contributed by atoms with Crippen LogP contribution in [0.5, 0.6) is 0 Å². The highest BCUT2D eigenvalue weighted by Crippen LogP contribution is 2.24. The van der Waals surface area contributed by atoms with Gasteiger partial charge in [0.05, 0.1) is 0 Å². The van der Waals surface area contributed by atoms with Crippen LogP contribution in [-0.2, 0) is 0 Å². The Morgan fingerprint density at radius 2 is 1.82 bits per heavy atom. The van der Waals surface area contributed by atoms with Crippen molar-refractivity contribution in [3.63, 3.8) is 0 Å². The molecule has 3 nitrogen and oxygen atoms in total. The first-order valence-corrected chi connectivity index (χ1v) is 7.31. The van der Waals surface area contributed by atoms with Crippen molar-refractivity contribution in [1.82, 2.24) is 9.80 Å². The third-order valence-corrected chi connectivity index (χ3v) is 4.52. The van der Waals surface area contributed by atoms with Gasteiger partial charge in [-0.3, -0.25) is 0 Å². The Kier molecular flexibility index (Phi) is 5.26. The van der Waals surface area contributed by atoms with Gasteiger partial charge in [-0.1, -0.05) is 12.8 Å². The summed E-state index contributed by atoms with van der Waals surface area (Å²) in [5.41, 5.74) is 0. The maximum atomic E-state index is 9.63. The van der Waals surface area contributed by atoms with Crippen LogP contribution in [-0.4, -0.2) is 61.3 Å². The van der Waals surface area contributed by atoms with Gasteiger partial charge in [-0.15, -0.1) is 0 Å². The van der Waals surface area contributed by atoms with E-state index in [-0.39, 0.29) is 0 Å². The molecule has 2 unspecified atom stereocenters. The van der Waals surface area contributed by atoms with Gasteiger partial charge in [0.1, 0.15) is 0 Å². The number of rotatable bonds is 4. The molecule has 0 spiro atoms. The van der Waals surface area contributed by atoms with Crippen LogP contribution in [0.2, 0.25) is 0 Å². The number of likely N-dealkylation sites (tertiary alicyclic amines) is 2. The van der Waals surface area contributed by atoms with Gasteiger partial charge in [-0.25, -0.2) is 0 Å². The molecule has 0 radical (unpaired) electrons. The third kappa shape index (κ3) is 3.94. The van der Waals surface area contributed by atoms with Gasteiger partial charge in [0.25, 0.3) is 0 Å². The normalized spacial score (nSPS) is 30.4. The van der Waals surface area contributed by atoms with Crippen LogP contribution in [0.15, 0.2) is 0 Å². The van der Waals surface area contributed by atoms with E-state index in [1.807, 2.05) is 0 Å². The van der Waals surface area contributed by atoms with Gasteiger partial charge < -0.3 is 14.9 Å². The summed E-state index contributed by atoms with van der Waals surface area (Å²) < 4.78 is 0. The van der Waals surface area contributed by atoms with E-state index < -0.39 is 0 Å². The summed E-state index contributed by atoms with van der Waals surface area (Å²) in [4.78, 5) is 4.99. The van der Waals surface area contributed by atoms with Crippen molar-refractivity contribution in [2.75, 3.05) is 46.4 Å². The number of nitrogens with zero attached hydrogens (tertiary/aromatic N) is 2. The maximum absolute atomic E-state index is 9.63. The minimum Gasteiger partial charge on any atom is -0.396 e. The minimum atomic E-state index is 0.370. The first kappa shape index (κ1) is 13.3. The second-order valence-electron chi connectivity index (χ2n) is 5.97. The predicted octanol–water partition coefficient (Wildman–Crippen LogP) is 1.42. The molecule has 17 heavy (non-hydrogen) atoms. The van der Waals surface area contributed by atoms with E-state index in [1.165, 1.54) is 58.3 Å². The highest BCUT2D eigenvalue weighted by molar-refractivity contribution is 4.81. The Labute approximate surface area is 106 Å². The molecule has 2 atom stereocenters. The largest absolute Gasteiger partial charge is 0.396 e. The summed E-state index contributed by atoms with van der Waals surface area (Å²) in [7, 11) is 2.19. The molecule has 0 aromatic rings. The summed E-state index contributed by atoms with van der Waals surface area (Å²) in [6, 6.07) is 0. The summed E-state index contributed by atoms with van der Waals surface area (Å²) in [6.45, 7) is 6.38. The van der Waals surface area contributed by atoms with Crippen molar-refractivity contribution >= 4 is 0 Å². The van der Waals surface area contributed by atoms with Crippen LogP contribution in [0.3, 0.4) is 0 Å². The highest BCUT2D eigenvalue weighted by atomic mass is 16.3. The van der Waals surface area contributed by atoms with Gasteiger partial charge >= 0.3 is 0 Å². The number of aliphatic hydroxyl groups is 1. The lowest BCUT2D eigenvalue weighted by Crippen LogP contribution is -2.36. The molecular formula is C14H28N2O. The lowest BCUT2D eigenvalue weighted by Gasteiger charge is -2.28. The molecule has 2 rings (SSSR count). The zero-order chi connectivity index (χ0) is 12.1. The lowest BCUT2D eigenvalue weighted by molar-refractivity contribution is 0.125. The Bertz CT molecular complexity index is 214. The molecule has 0 amide bonds. The number of hydrogen-bond acceptors (Lipinski definition) is 3. The summed E-state index contributed by atoms with van der Waals surface area (Å²) in [5, 5.41) is 9.63. The van der Waals surface area contributed by atoms with Gasteiger partial charge in [0.15, 0.2) is 0 Å². The van der Waals surface area contributed by atoms with Gasteiger partial charge in [0, 0.05) is 19.7 Å². The van der Waals surface area contributed by atoms with Crippen molar-refractivity contribution in [1.29, 1.82) is 0 Å². The van der Waals surface area contributed by atoms with Crippen LogP contribution >= 0.6 is 0 Å². The first-order chi connectivity index (χ1) is 8.29. The van der Waals surface area contributed by atoms with Crippen LogP contribution in [0.4, 0.5) is 0 Å². The molecule has 2 fully saturated rings. The van der Waals surface area contributed by atoms with E-state index in [0.29, 0.717) is 18.4 Å². The Hall–Kier alpha value is -0.120. The molecular weight excluding hydrogens is 212 g/mol. The molecule has 2 aliphatic heterocycles. The molecule has 0 bridgehead atoms. The van der Waals surface area contributed by atoms with E-state index in [4.69, 9.17) is 0 Å². The molecule has 0 aromatic heterocycles. The molecule has 2 aliphatic rings. The topological polar surface area (TPSA) is 26.7 Å². The minimum absolute atomic E-state index is 0.370. The van der Waals surface area contributed by atoms with E-state index in [2.05, 4.69) is 16.8 Å². The molecule has 0 aromatic carbocycles. The van der Waals surface area contributed by atoms with Crippen molar-refractivity contribution < 1.29 is 5.11 Å². The van der Waals surface area contributed by atoms with E-state index >= 15 is 0 Å². The van der Waals surface area contributed by atoms with Crippen LogP contribution < -0.4 is 0 Å². The van der Waals surface area contributed by atoms with E-state index in [1.54, 1.807) is 0 Å². The van der Waals surface area contributed by atoms with Gasteiger partial charge in [-0.05, 0) is 57.8 Å². The zero-order valence-corrected chi connectivity index (χ0v) is 11.3. The van der Waals surface area contributed by atoms with Crippen LogP contribution in [0, 0.1) is 11.8 Å². The van der Waals surface area contributed by atoms with Crippen molar-refractivity contribution in [3.8, 4) is 0 Å². The average Bonchev–Trinajstić information content (AvgIpc) is 2.62. The van der Waals surface area contributed by atoms with Crippen molar-refractivity contribution in [2.24, 2.45) is 11.8 Å². The fraction of sp³-hybridized carbons (Fsp3) is 1.00. The highest BCUT2D eigenvalue weighted by Gasteiger charge is 2.28. The standard InChI is InChI=1S/C14H28N2O/c1-15-9-6-13(10-15)14(12-17)11-16-7-4-2-3-5-8-16/h13-14,17H,2-12H2,1H3. The monoisotopic (exact) mass is 240 g/mol. The van der Waals surface area contributed by atoms with Gasteiger partial charge in [-0.2, -0.15) is 0 Å². The maximum Gasteiger partial charge on any atom is 0.0474 e. The molecule has 2 saturated heterocycles. The molecule has 1 N–H and O–H groups in total. The lowest BCUT2D eigenvalue weighted by atomic mass is 9.91. The fourth-order valence-corrected chi connectivity index (χ4v) is 3.36. The number of aliphatic hydroxyl groups excluding tert-OH is 1. The predicted molar refractivity (Wildman–Crippen MR) is 71.1 cm³/mol. The third-order valence-electron chi connectivity index (χ3n) is 4.52. The zero-order valence-electron chi connectivity index (χ0n) is 11.3. The fourth-order valence-electron chi connectivity index (χ4n) is 3.36. The molecule has 100 valence electrons. The first-order valence-electron chi connectivity index (χ1n) is 7.31. The second-order valence-corrected chi connectivity index (χ2v) is 5.97. The van der Waals surface area contributed by atoms with Crippen LogP contribution in [0.25, 0.3) is 0 Å². The molecule has 3 heteroatoms. The molecule has 0 saturated carbocycles. The Morgan fingerprint density at radius 3 is 2.35 bits per heavy atom. The van der Waals surface area contributed by atoms with E-state index in [0.717, 1.165) is 6.54 Å². The van der Waals surface area contributed by atoms with E-state index in [9.17, 15) is 5.11 Å². The molecule has 2 heterocycles. The smallest absolute Gasteiger partial charge is 0.0474 e. The summed E-state index contributed by atoms with van der Waals surface area (Å²) in [5.74, 6) is 1.21. The summed E-state index contributed by atoms with van der Waals surface area (Å²) >= 11 is 0. The van der Waals surface area contributed by atoms with Crippen LogP contribution in [0.1, 0.15) is 32.1 Å². The Balaban J connectivity index is 1.81. The Morgan fingerprint density at radius 1 is 1.12 bits per heavy atom. The SMILES string of the molecule is CN1CCC(C(CO)CN2CCCCCC2)C1. The second kappa shape index (κ2) is 6.72. The van der Waals surface area contributed by atoms with Gasteiger partial charge in [0.2, 0.25) is 0 Å². The summed E-state index contributed by atoms with van der Waals surface area (Å²) in [6.07, 6.45) is 6.76. The quantitative estimate of drug-likeness (QED) is 0.805. The average molecular weight is 240 g/mol. The van der Waals surface area contributed by atoms with Crippen molar-refractivity contribution in [3.05, 3.63) is 0 Å². The number of hydrogen-bond donors (Lipinski definition) is 1. The molecule has 0 aliphatic carbocycles. The van der Waals surface area contributed by atoms with Crippen molar-refractivity contribution in [2.45, 2.75) is 32.1 Å².